The van der Waals surface area contributed by atoms with Crippen LogP contribution in [-0.2, 0) is 9.53 Å². The van der Waals surface area contributed by atoms with Gasteiger partial charge in [0.05, 0.1) is 0 Å². The van der Waals surface area contributed by atoms with Crippen LogP contribution < -0.4 is 0 Å². The molecule has 0 radical (unpaired) electrons. The fraction of sp³-hybridized carbons (Fsp3) is 0.438. The van der Waals surface area contributed by atoms with Crippen molar-refractivity contribution in [2.75, 3.05) is 13.1 Å². The largest absolute Gasteiger partial charge is 0.461 e. The van der Waals surface area contributed by atoms with Gasteiger partial charge in [-0.15, -0.1) is 0 Å². The van der Waals surface area contributed by atoms with Crippen LogP contribution in [0.4, 0.5) is 0 Å². The molecular formula is C16H19NO2. The molecule has 2 aliphatic rings. The number of esters is 1. The van der Waals surface area contributed by atoms with E-state index in [1.165, 1.54) is 11.1 Å². The third-order valence-electron chi connectivity index (χ3n) is 3.97. The van der Waals surface area contributed by atoms with Gasteiger partial charge in [0.15, 0.2) is 0 Å². The van der Waals surface area contributed by atoms with Crippen molar-refractivity contribution >= 4 is 11.5 Å². The number of rotatable bonds is 2. The van der Waals surface area contributed by atoms with Crippen molar-refractivity contribution in [2.45, 2.75) is 31.9 Å². The van der Waals surface area contributed by atoms with Gasteiger partial charge >= 0.3 is 5.97 Å². The molecule has 100 valence electrons. The average Bonchev–Trinajstić information content (AvgIpc) is 2.79. The summed E-state index contributed by atoms with van der Waals surface area (Å²) in [5.74, 6) is -0.0518. The molecule has 19 heavy (non-hydrogen) atoms. The van der Waals surface area contributed by atoms with Crippen molar-refractivity contribution in [3.63, 3.8) is 0 Å². The zero-order chi connectivity index (χ0) is 13.2. The van der Waals surface area contributed by atoms with Crippen LogP contribution in [0, 0.1) is 0 Å². The molecule has 1 saturated heterocycles. The van der Waals surface area contributed by atoms with Gasteiger partial charge in [0.25, 0.3) is 0 Å². The van der Waals surface area contributed by atoms with E-state index < -0.39 is 0 Å². The Bertz CT molecular complexity index is 495. The molecule has 0 unspecified atom stereocenters. The number of hydrogen-bond donors (Lipinski definition) is 0. The molecule has 2 atom stereocenters. The lowest BCUT2D eigenvalue weighted by Crippen LogP contribution is -2.41. The standard InChI is InChI=1S/C16H19NO2/c1-12-11-15(16(18)19-12)17-9-7-14(8-10-17)13-5-3-2-4-6-13/h2-7,12,15H,8-11H2,1H3/t12-,15+/m1/s1. The second-order valence-corrected chi connectivity index (χ2v) is 5.34. The maximum absolute atomic E-state index is 11.8. The van der Waals surface area contributed by atoms with E-state index in [4.69, 9.17) is 4.74 Å². The van der Waals surface area contributed by atoms with Crippen LogP contribution in [0.25, 0.3) is 5.57 Å². The Morgan fingerprint density at radius 1 is 1.26 bits per heavy atom. The van der Waals surface area contributed by atoms with E-state index in [2.05, 4.69) is 35.2 Å². The van der Waals surface area contributed by atoms with Crippen molar-refractivity contribution in [3.8, 4) is 0 Å². The summed E-state index contributed by atoms with van der Waals surface area (Å²) in [6, 6.07) is 10.4. The summed E-state index contributed by atoms with van der Waals surface area (Å²) in [4.78, 5) is 14.0. The van der Waals surface area contributed by atoms with Gasteiger partial charge < -0.3 is 4.74 Å². The Kier molecular flexibility index (Phi) is 3.38. The van der Waals surface area contributed by atoms with Crippen molar-refractivity contribution in [1.29, 1.82) is 0 Å². The smallest absolute Gasteiger partial charge is 0.323 e. The van der Waals surface area contributed by atoms with Crippen molar-refractivity contribution < 1.29 is 9.53 Å². The normalized spacial score (nSPS) is 28.1. The Balaban J connectivity index is 1.69. The Morgan fingerprint density at radius 3 is 2.63 bits per heavy atom. The van der Waals surface area contributed by atoms with Crippen LogP contribution >= 0.6 is 0 Å². The zero-order valence-electron chi connectivity index (χ0n) is 11.2. The number of benzene rings is 1. The third-order valence-corrected chi connectivity index (χ3v) is 3.97. The lowest BCUT2D eigenvalue weighted by Gasteiger charge is -2.29. The predicted molar refractivity (Wildman–Crippen MR) is 74.6 cm³/mol. The number of nitrogens with zero attached hydrogens (tertiary/aromatic N) is 1. The number of carbonyl (C=O) groups excluding carboxylic acids is 1. The highest BCUT2D eigenvalue weighted by atomic mass is 16.6. The average molecular weight is 257 g/mol. The summed E-state index contributed by atoms with van der Waals surface area (Å²) < 4.78 is 5.24. The summed E-state index contributed by atoms with van der Waals surface area (Å²) in [6.07, 6.45) is 4.14. The van der Waals surface area contributed by atoms with E-state index in [-0.39, 0.29) is 18.1 Å². The van der Waals surface area contributed by atoms with Crippen LogP contribution in [0.5, 0.6) is 0 Å². The SMILES string of the molecule is C[C@@H]1C[C@H](N2CC=C(c3ccccc3)CC2)C(=O)O1. The van der Waals surface area contributed by atoms with Gasteiger partial charge in [0.1, 0.15) is 12.1 Å². The first-order valence-electron chi connectivity index (χ1n) is 6.93. The number of ether oxygens (including phenoxy) is 1. The van der Waals surface area contributed by atoms with Crippen LogP contribution in [-0.4, -0.2) is 36.1 Å². The topological polar surface area (TPSA) is 29.5 Å². The van der Waals surface area contributed by atoms with Crippen LogP contribution in [0.15, 0.2) is 36.4 Å². The summed E-state index contributed by atoms with van der Waals surface area (Å²) >= 11 is 0. The molecule has 2 heterocycles. The Morgan fingerprint density at radius 2 is 2.05 bits per heavy atom. The van der Waals surface area contributed by atoms with Gasteiger partial charge in [-0.1, -0.05) is 36.4 Å². The van der Waals surface area contributed by atoms with Crippen LogP contribution in [0.1, 0.15) is 25.3 Å². The van der Waals surface area contributed by atoms with Crippen molar-refractivity contribution in [3.05, 3.63) is 42.0 Å². The molecular weight excluding hydrogens is 238 g/mol. The maximum Gasteiger partial charge on any atom is 0.323 e. The molecule has 2 aliphatic heterocycles. The lowest BCUT2D eigenvalue weighted by molar-refractivity contribution is -0.144. The highest BCUT2D eigenvalue weighted by molar-refractivity contribution is 5.78. The van der Waals surface area contributed by atoms with E-state index in [1.54, 1.807) is 0 Å². The summed E-state index contributed by atoms with van der Waals surface area (Å²) in [6.45, 7) is 3.75. The summed E-state index contributed by atoms with van der Waals surface area (Å²) in [5.41, 5.74) is 2.68. The van der Waals surface area contributed by atoms with Crippen LogP contribution in [0.3, 0.4) is 0 Å². The molecule has 0 saturated carbocycles. The second-order valence-electron chi connectivity index (χ2n) is 5.34. The van der Waals surface area contributed by atoms with Gasteiger partial charge in [-0.3, -0.25) is 9.69 Å². The van der Waals surface area contributed by atoms with Gasteiger partial charge in [-0.2, -0.15) is 0 Å². The third kappa shape index (κ3) is 2.56. The first kappa shape index (κ1) is 12.4. The summed E-state index contributed by atoms with van der Waals surface area (Å²) in [5, 5.41) is 0. The van der Waals surface area contributed by atoms with Gasteiger partial charge in [-0.05, 0) is 24.5 Å². The number of hydrogen-bond acceptors (Lipinski definition) is 3. The minimum atomic E-state index is -0.0518. The van der Waals surface area contributed by atoms with Gasteiger partial charge in [-0.25, -0.2) is 0 Å². The van der Waals surface area contributed by atoms with E-state index in [0.29, 0.717) is 0 Å². The fourth-order valence-corrected chi connectivity index (χ4v) is 2.92. The molecule has 0 bridgehead atoms. The van der Waals surface area contributed by atoms with Crippen molar-refractivity contribution in [1.82, 2.24) is 4.90 Å². The van der Waals surface area contributed by atoms with Gasteiger partial charge in [0.2, 0.25) is 0 Å². The molecule has 1 fully saturated rings. The quantitative estimate of drug-likeness (QED) is 0.762. The number of carbonyl (C=O) groups is 1. The monoisotopic (exact) mass is 257 g/mol. The molecule has 3 rings (SSSR count). The second kappa shape index (κ2) is 5.17. The molecule has 3 nitrogen and oxygen atoms in total. The maximum atomic E-state index is 11.8. The lowest BCUT2D eigenvalue weighted by atomic mass is 9.98. The van der Waals surface area contributed by atoms with Crippen molar-refractivity contribution in [2.24, 2.45) is 0 Å². The molecule has 1 aromatic rings. The molecule has 0 N–H and O–H groups in total. The van der Waals surface area contributed by atoms with E-state index >= 15 is 0 Å². The number of cyclic esters (lactones) is 1. The van der Waals surface area contributed by atoms with Crippen LogP contribution in [0.2, 0.25) is 0 Å². The first-order valence-corrected chi connectivity index (χ1v) is 6.93. The Hall–Kier alpha value is -1.61. The van der Waals surface area contributed by atoms with Gasteiger partial charge in [0, 0.05) is 19.5 Å². The van der Waals surface area contributed by atoms with E-state index in [1.807, 2.05) is 13.0 Å². The summed E-state index contributed by atoms with van der Waals surface area (Å²) in [7, 11) is 0. The molecule has 0 spiro atoms. The molecule has 0 amide bonds. The molecule has 3 heteroatoms. The Labute approximate surface area is 113 Å². The fourth-order valence-electron chi connectivity index (χ4n) is 2.92. The molecule has 1 aromatic carbocycles. The highest BCUT2D eigenvalue weighted by Crippen LogP contribution is 2.26. The highest BCUT2D eigenvalue weighted by Gasteiger charge is 2.36. The zero-order valence-corrected chi connectivity index (χ0v) is 11.2. The van der Waals surface area contributed by atoms with E-state index in [0.717, 1.165) is 25.9 Å². The minimum absolute atomic E-state index is 0.0384. The molecule has 0 aromatic heterocycles. The first-order chi connectivity index (χ1) is 9.24. The predicted octanol–water partition coefficient (Wildman–Crippen LogP) is 2.48. The minimum Gasteiger partial charge on any atom is -0.461 e. The molecule has 0 aliphatic carbocycles. The van der Waals surface area contributed by atoms with E-state index in [9.17, 15) is 4.79 Å².